The highest BCUT2D eigenvalue weighted by molar-refractivity contribution is 5.90. The van der Waals surface area contributed by atoms with Crippen LogP contribution >= 0.6 is 0 Å². The summed E-state index contributed by atoms with van der Waals surface area (Å²) < 4.78 is 41.4. The van der Waals surface area contributed by atoms with Crippen LogP contribution in [0.3, 0.4) is 0 Å². The Bertz CT molecular complexity index is 1230. The molecule has 0 aliphatic carbocycles. The van der Waals surface area contributed by atoms with Crippen LogP contribution in [0.4, 0.5) is 19.0 Å². The number of nitrogens with zero attached hydrogens (tertiary/aromatic N) is 4. The van der Waals surface area contributed by atoms with Crippen LogP contribution in [0.25, 0.3) is 22.4 Å². The Balaban J connectivity index is 0.00000259. The van der Waals surface area contributed by atoms with E-state index >= 15 is 0 Å². The molecule has 4 aromatic rings. The van der Waals surface area contributed by atoms with Crippen molar-refractivity contribution in [3.63, 3.8) is 0 Å². The Morgan fingerprint density at radius 3 is 2.72 bits per heavy atom. The number of nitrogens with one attached hydrogen (secondary N) is 2. The second-order valence-corrected chi connectivity index (χ2v) is 7.82. The number of H-pyrrole nitrogens is 1. The van der Waals surface area contributed by atoms with Crippen LogP contribution in [-0.2, 0) is 12.6 Å². The molecular formula is C23H23F3N6. The highest BCUT2D eigenvalue weighted by Gasteiger charge is 2.36. The van der Waals surface area contributed by atoms with Crippen molar-refractivity contribution in [2.75, 3.05) is 24.5 Å². The minimum Gasteiger partial charge on any atom is -0.354 e. The summed E-state index contributed by atoms with van der Waals surface area (Å²) in [6.45, 7) is 2.04. The maximum atomic E-state index is 13.8. The number of fused-ring (bicyclic) bond motifs is 1. The molecule has 0 amide bonds. The van der Waals surface area contributed by atoms with E-state index in [4.69, 9.17) is 0 Å². The second kappa shape index (κ2) is 8.23. The molecule has 1 aliphatic heterocycles. The van der Waals surface area contributed by atoms with Crippen LogP contribution in [0.15, 0.2) is 60.8 Å². The van der Waals surface area contributed by atoms with E-state index in [1.807, 2.05) is 23.1 Å². The number of aromatic nitrogens is 4. The quantitative estimate of drug-likeness (QED) is 0.495. The van der Waals surface area contributed by atoms with Crippen molar-refractivity contribution in [2.24, 2.45) is 0 Å². The van der Waals surface area contributed by atoms with E-state index in [-0.39, 0.29) is 18.9 Å². The number of pyridine rings is 2. The van der Waals surface area contributed by atoms with Crippen molar-refractivity contribution in [3.8, 4) is 11.4 Å². The molecule has 3 aromatic heterocycles. The number of piperazine rings is 1. The molecule has 2 N–H and O–H groups in total. The van der Waals surface area contributed by atoms with Crippen LogP contribution in [0, 0.1) is 0 Å². The van der Waals surface area contributed by atoms with E-state index in [1.165, 1.54) is 11.6 Å². The first-order valence-corrected chi connectivity index (χ1v) is 10.4. The number of halogens is 3. The smallest absolute Gasteiger partial charge is 0.354 e. The molecule has 0 saturated carbocycles. The van der Waals surface area contributed by atoms with Gasteiger partial charge in [0.05, 0.1) is 11.3 Å². The topological polar surface area (TPSA) is 69.7 Å². The first-order valence-electron chi connectivity index (χ1n) is 10.4. The molecule has 1 saturated heterocycles. The van der Waals surface area contributed by atoms with Gasteiger partial charge in [-0.05, 0) is 36.2 Å². The van der Waals surface area contributed by atoms with Crippen molar-refractivity contribution in [3.05, 3.63) is 71.9 Å². The van der Waals surface area contributed by atoms with Gasteiger partial charge < -0.3 is 10.2 Å². The molecule has 6 nitrogen and oxygen atoms in total. The average Bonchev–Trinajstić information content (AvgIpc) is 3.23. The maximum Gasteiger partial charge on any atom is 0.418 e. The van der Waals surface area contributed by atoms with E-state index in [0.717, 1.165) is 19.0 Å². The molecule has 0 unspecified atom stereocenters. The van der Waals surface area contributed by atoms with Gasteiger partial charge in [-0.25, -0.2) is 9.97 Å². The first kappa shape index (κ1) is 20.4. The van der Waals surface area contributed by atoms with Crippen molar-refractivity contribution in [2.45, 2.75) is 18.6 Å². The van der Waals surface area contributed by atoms with Gasteiger partial charge in [0.25, 0.3) is 0 Å². The molecule has 4 heterocycles. The fourth-order valence-electron chi connectivity index (χ4n) is 4.14. The molecule has 0 spiro atoms. The van der Waals surface area contributed by atoms with E-state index in [1.54, 1.807) is 18.3 Å². The van der Waals surface area contributed by atoms with Crippen LogP contribution in [0.1, 0.15) is 12.6 Å². The van der Waals surface area contributed by atoms with Crippen LogP contribution in [-0.4, -0.2) is 45.8 Å². The van der Waals surface area contributed by atoms with Crippen LogP contribution < -0.4 is 10.2 Å². The lowest BCUT2D eigenvalue weighted by atomic mass is 10.0. The fraction of sp³-hybridized carbons (Fsp3) is 0.261. The molecule has 1 aromatic carbocycles. The molecule has 166 valence electrons. The molecule has 5 rings (SSSR count). The number of hydrogen-bond acceptors (Lipinski definition) is 5. The molecule has 1 atom stereocenters. The number of alkyl halides is 3. The lowest BCUT2D eigenvalue weighted by Crippen LogP contribution is -2.52. The molecule has 32 heavy (non-hydrogen) atoms. The molecule has 0 radical (unpaired) electrons. The zero-order chi connectivity index (χ0) is 22.1. The summed E-state index contributed by atoms with van der Waals surface area (Å²) in [5.41, 5.74) is 0.825. The highest BCUT2D eigenvalue weighted by Crippen LogP contribution is 2.38. The SMILES string of the molecule is FC(F)(F)c1ccc(N2CCN[C@@H](Cc3ccccc3)C2)nc1-c1[nH]nc2ncccc12.[HH]. The van der Waals surface area contributed by atoms with E-state index in [2.05, 4.69) is 37.6 Å². The highest BCUT2D eigenvalue weighted by atomic mass is 19.4. The lowest BCUT2D eigenvalue weighted by Gasteiger charge is -2.35. The number of aromatic amines is 1. The van der Waals surface area contributed by atoms with Crippen molar-refractivity contribution >= 4 is 16.9 Å². The predicted octanol–water partition coefficient (Wildman–Crippen LogP) is 4.31. The third kappa shape index (κ3) is 4.03. The zero-order valence-electron chi connectivity index (χ0n) is 17.1. The Hall–Kier alpha value is -3.46. The monoisotopic (exact) mass is 440 g/mol. The maximum absolute atomic E-state index is 13.8. The summed E-state index contributed by atoms with van der Waals surface area (Å²) in [7, 11) is 0. The van der Waals surface area contributed by atoms with Crippen LogP contribution in [0.2, 0.25) is 0 Å². The normalized spacial score (nSPS) is 17.1. The third-order valence-electron chi connectivity index (χ3n) is 5.66. The molecular weight excluding hydrogens is 417 g/mol. The molecule has 1 fully saturated rings. The van der Waals surface area contributed by atoms with Gasteiger partial charge in [0.1, 0.15) is 11.5 Å². The number of rotatable bonds is 4. The van der Waals surface area contributed by atoms with Crippen molar-refractivity contribution in [1.29, 1.82) is 0 Å². The standard InChI is InChI=1S/C23H21F3N6.H2/c24-23(25,26)18-8-9-19(29-21(18)20-17-7-4-10-28-22(17)31-30-20)32-12-11-27-16(14-32)13-15-5-2-1-3-6-15;/h1-10,16,27H,11-14H2,(H,28,30,31);1H/t16-;/m0./s1. The largest absolute Gasteiger partial charge is 0.418 e. The minimum absolute atomic E-state index is 0. The number of hydrogen-bond donors (Lipinski definition) is 2. The molecule has 9 heteroatoms. The molecule has 0 bridgehead atoms. The Labute approximate surface area is 184 Å². The van der Waals surface area contributed by atoms with Gasteiger partial charge in [-0.3, -0.25) is 5.10 Å². The summed E-state index contributed by atoms with van der Waals surface area (Å²) in [5, 5.41) is 10.8. The van der Waals surface area contributed by atoms with E-state index in [9.17, 15) is 13.2 Å². The number of benzene rings is 1. The Morgan fingerprint density at radius 2 is 1.91 bits per heavy atom. The van der Waals surface area contributed by atoms with Gasteiger partial charge in [0, 0.05) is 38.7 Å². The summed E-state index contributed by atoms with van der Waals surface area (Å²) in [5.74, 6) is 0.513. The van der Waals surface area contributed by atoms with Gasteiger partial charge >= 0.3 is 6.18 Å². The zero-order valence-corrected chi connectivity index (χ0v) is 17.1. The lowest BCUT2D eigenvalue weighted by molar-refractivity contribution is -0.137. The van der Waals surface area contributed by atoms with Gasteiger partial charge in [-0.1, -0.05) is 30.3 Å². The summed E-state index contributed by atoms with van der Waals surface area (Å²) in [6.07, 6.45) is -2.16. The summed E-state index contributed by atoms with van der Waals surface area (Å²) in [4.78, 5) is 10.6. The Morgan fingerprint density at radius 1 is 1.06 bits per heavy atom. The average molecular weight is 440 g/mol. The summed E-state index contributed by atoms with van der Waals surface area (Å²) in [6, 6.07) is 16.2. The fourth-order valence-corrected chi connectivity index (χ4v) is 4.14. The van der Waals surface area contributed by atoms with Gasteiger partial charge in [0.2, 0.25) is 0 Å². The van der Waals surface area contributed by atoms with Crippen LogP contribution in [0.5, 0.6) is 0 Å². The summed E-state index contributed by atoms with van der Waals surface area (Å²) >= 11 is 0. The third-order valence-corrected chi connectivity index (χ3v) is 5.66. The molecule has 1 aliphatic rings. The van der Waals surface area contributed by atoms with Gasteiger partial charge in [-0.15, -0.1) is 0 Å². The Kier molecular flexibility index (Phi) is 5.26. The van der Waals surface area contributed by atoms with Crippen molar-refractivity contribution in [1.82, 2.24) is 25.5 Å². The number of anilines is 1. The van der Waals surface area contributed by atoms with E-state index < -0.39 is 11.7 Å². The van der Waals surface area contributed by atoms with Gasteiger partial charge in [-0.2, -0.15) is 18.3 Å². The van der Waals surface area contributed by atoms with Crippen molar-refractivity contribution < 1.29 is 14.6 Å². The predicted molar refractivity (Wildman–Crippen MR) is 118 cm³/mol. The minimum atomic E-state index is -4.54. The first-order chi connectivity index (χ1) is 15.5. The van der Waals surface area contributed by atoms with E-state index in [0.29, 0.717) is 29.9 Å². The van der Waals surface area contributed by atoms with Gasteiger partial charge in [0.15, 0.2) is 5.65 Å². The second-order valence-electron chi connectivity index (χ2n) is 7.82.